The van der Waals surface area contributed by atoms with Gasteiger partial charge in [-0.05, 0) is 103 Å². The fourth-order valence-electron chi connectivity index (χ4n) is 7.17. The molecule has 1 aliphatic heterocycles. The monoisotopic (exact) mass is 573 g/mol. The molecule has 1 fully saturated rings. The second kappa shape index (κ2) is 9.57. The minimum absolute atomic E-state index is 0.0618. The van der Waals surface area contributed by atoms with Gasteiger partial charge in [-0.15, -0.1) is 0 Å². The van der Waals surface area contributed by atoms with Gasteiger partial charge in [-0.3, -0.25) is 4.79 Å². The number of halogens is 6. The van der Waals surface area contributed by atoms with Crippen molar-refractivity contribution in [3.05, 3.63) is 105 Å². The summed E-state index contributed by atoms with van der Waals surface area (Å²) < 4.78 is 69.2. The maximum atomic E-state index is 14.9. The van der Waals surface area contributed by atoms with Crippen LogP contribution < -0.4 is 0 Å². The molecule has 1 saturated heterocycles. The third-order valence-corrected chi connectivity index (χ3v) is 9.60. The van der Waals surface area contributed by atoms with Crippen LogP contribution in [-0.2, 0) is 41.6 Å². The Morgan fingerprint density at radius 3 is 2.42 bits per heavy atom. The molecule has 40 heavy (non-hydrogen) atoms. The van der Waals surface area contributed by atoms with Crippen molar-refractivity contribution in [2.75, 3.05) is 13.1 Å². The van der Waals surface area contributed by atoms with Crippen molar-refractivity contribution in [1.29, 1.82) is 0 Å². The molecule has 0 radical (unpaired) electrons. The maximum absolute atomic E-state index is 14.9. The first-order valence-electron chi connectivity index (χ1n) is 13.6. The fraction of sp³-hybridized carbons (Fsp3) is 0.406. The first-order valence-corrected chi connectivity index (χ1v) is 14.0. The minimum atomic E-state index is -5.04. The van der Waals surface area contributed by atoms with Crippen LogP contribution in [0, 0.1) is 17.7 Å². The molecule has 0 N–H and O–H groups in total. The lowest BCUT2D eigenvalue weighted by atomic mass is 9.62. The number of rotatable bonds is 4. The summed E-state index contributed by atoms with van der Waals surface area (Å²) in [4.78, 5) is 15.8. The molecule has 210 valence electrons. The number of fused-ring (bicyclic) bond motifs is 4. The highest BCUT2D eigenvalue weighted by Crippen LogP contribution is 2.51. The Morgan fingerprint density at radius 2 is 1.70 bits per heavy atom. The lowest BCUT2D eigenvalue weighted by Gasteiger charge is -2.41. The van der Waals surface area contributed by atoms with E-state index in [4.69, 9.17) is 11.6 Å². The number of carbonyl (C=O) groups is 1. The van der Waals surface area contributed by atoms with Crippen molar-refractivity contribution in [3.8, 4) is 0 Å². The van der Waals surface area contributed by atoms with Gasteiger partial charge in [-0.2, -0.15) is 13.2 Å². The van der Waals surface area contributed by atoms with E-state index < -0.39 is 22.8 Å². The van der Waals surface area contributed by atoms with Gasteiger partial charge in [0.25, 0.3) is 0 Å². The average molecular weight is 574 g/mol. The van der Waals surface area contributed by atoms with Gasteiger partial charge < -0.3 is 4.90 Å². The van der Waals surface area contributed by atoms with E-state index in [-0.39, 0.29) is 23.6 Å². The molecule has 1 amide bonds. The zero-order chi connectivity index (χ0) is 28.4. The topological polar surface area (TPSA) is 20.3 Å². The van der Waals surface area contributed by atoms with Gasteiger partial charge in [-0.1, -0.05) is 48.0 Å². The van der Waals surface area contributed by atoms with E-state index in [0.29, 0.717) is 62.7 Å². The molecule has 0 saturated carbocycles. The maximum Gasteiger partial charge on any atom is 0.426 e. The molecule has 8 heteroatoms. The molecule has 1 heterocycles. The standard InChI is InChI=1S/C32H29ClF5NO/c1-30(35,32(36,37)38)24-7-11-28-21(14-24)4-6-25-17-39(18-31(25,28)16-19-2-9-27(34)10-3-19)29(40)23-12-20-5-8-26(33)15-22(20)13-23/h2-3,5,7-11,14-15,23,25H,4,6,12-13,16-18H2,1H3. The van der Waals surface area contributed by atoms with Crippen LogP contribution in [0.4, 0.5) is 22.0 Å². The Kier molecular flexibility index (Phi) is 6.52. The summed E-state index contributed by atoms with van der Waals surface area (Å²) in [5.74, 6) is -0.424. The van der Waals surface area contributed by atoms with E-state index in [1.165, 1.54) is 24.3 Å². The van der Waals surface area contributed by atoms with Crippen molar-refractivity contribution in [2.45, 2.75) is 56.3 Å². The fourth-order valence-corrected chi connectivity index (χ4v) is 7.36. The van der Waals surface area contributed by atoms with Crippen LogP contribution in [0.1, 0.15) is 46.7 Å². The van der Waals surface area contributed by atoms with Crippen LogP contribution >= 0.6 is 11.6 Å². The number of likely N-dealkylation sites (tertiary alicyclic amines) is 1. The lowest BCUT2D eigenvalue weighted by Crippen LogP contribution is -2.43. The van der Waals surface area contributed by atoms with E-state index in [9.17, 15) is 26.7 Å². The Balaban J connectivity index is 1.35. The van der Waals surface area contributed by atoms with E-state index >= 15 is 0 Å². The van der Waals surface area contributed by atoms with Crippen LogP contribution in [0.25, 0.3) is 0 Å². The second-order valence-electron chi connectivity index (χ2n) is 11.8. The summed E-state index contributed by atoms with van der Waals surface area (Å²) in [6, 6.07) is 16.2. The number of amides is 1. The van der Waals surface area contributed by atoms with Gasteiger partial charge in [-0.25, -0.2) is 8.78 Å². The van der Waals surface area contributed by atoms with E-state index in [1.54, 1.807) is 18.2 Å². The first kappa shape index (κ1) is 27.3. The first-order chi connectivity index (χ1) is 18.9. The van der Waals surface area contributed by atoms with Crippen molar-refractivity contribution in [3.63, 3.8) is 0 Å². The second-order valence-corrected chi connectivity index (χ2v) is 12.2. The van der Waals surface area contributed by atoms with Crippen molar-refractivity contribution < 1.29 is 26.7 Å². The number of nitrogens with zero attached hydrogens (tertiary/aromatic N) is 1. The third kappa shape index (κ3) is 4.50. The number of hydrogen-bond acceptors (Lipinski definition) is 1. The van der Waals surface area contributed by atoms with E-state index in [0.717, 1.165) is 22.3 Å². The molecule has 3 aromatic carbocycles. The van der Waals surface area contributed by atoms with Gasteiger partial charge in [0.05, 0.1) is 0 Å². The minimum Gasteiger partial charge on any atom is -0.341 e. The molecular weight excluding hydrogens is 545 g/mol. The highest BCUT2D eigenvalue weighted by Gasteiger charge is 2.55. The van der Waals surface area contributed by atoms with Gasteiger partial charge in [0.1, 0.15) is 5.82 Å². The summed E-state index contributed by atoms with van der Waals surface area (Å²) in [5.41, 5.74) is 0.166. The van der Waals surface area contributed by atoms with E-state index in [1.807, 2.05) is 23.1 Å². The highest BCUT2D eigenvalue weighted by atomic mass is 35.5. The summed E-state index contributed by atoms with van der Waals surface area (Å²) in [6.45, 7) is 1.50. The normalized spacial score (nSPS) is 25.2. The van der Waals surface area contributed by atoms with Crippen LogP contribution in [0.5, 0.6) is 0 Å². The molecule has 2 nitrogen and oxygen atoms in total. The SMILES string of the molecule is CC(F)(c1ccc2c(c1)CCC1CN(C(=O)C3Cc4ccc(Cl)cc4C3)CC21Cc1ccc(F)cc1)C(F)(F)F. The van der Waals surface area contributed by atoms with Gasteiger partial charge in [0.2, 0.25) is 11.6 Å². The predicted octanol–water partition coefficient (Wildman–Crippen LogP) is 7.53. The molecule has 0 aromatic heterocycles. The molecular formula is C32H29ClF5NO. The molecule has 3 aromatic rings. The summed E-state index contributed by atoms with van der Waals surface area (Å²) in [6.07, 6.45) is -2.11. The molecule has 4 unspecified atom stereocenters. The van der Waals surface area contributed by atoms with Crippen molar-refractivity contribution in [1.82, 2.24) is 4.90 Å². The highest BCUT2D eigenvalue weighted by molar-refractivity contribution is 6.30. The van der Waals surface area contributed by atoms with Crippen LogP contribution in [-0.4, -0.2) is 30.1 Å². The largest absolute Gasteiger partial charge is 0.426 e. The lowest BCUT2D eigenvalue weighted by molar-refractivity contribution is -0.228. The molecule has 3 aliphatic rings. The quantitative estimate of drug-likeness (QED) is 0.296. The number of carbonyl (C=O) groups excluding carboxylic acids is 1. The summed E-state index contributed by atoms with van der Waals surface area (Å²) >= 11 is 6.17. The summed E-state index contributed by atoms with van der Waals surface area (Å²) in [7, 11) is 0. The number of benzene rings is 3. The van der Waals surface area contributed by atoms with Gasteiger partial charge in [0, 0.05) is 29.4 Å². The average Bonchev–Trinajstić information content (AvgIpc) is 3.50. The number of alkyl halides is 4. The molecule has 0 bridgehead atoms. The van der Waals surface area contributed by atoms with Crippen molar-refractivity contribution in [2.24, 2.45) is 11.8 Å². The zero-order valence-electron chi connectivity index (χ0n) is 22.0. The van der Waals surface area contributed by atoms with E-state index in [2.05, 4.69) is 0 Å². The molecule has 0 spiro atoms. The Morgan fingerprint density at radius 1 is 0.975 bits per heavy atom. The Bertz CT molecular complexity index is 1470. The Hall–Kier alpha value is -2.93. The number of aryl methyl sites for hydroxylation is 1. The third-order valence-electron chi connectivity index (χ3n) is 9.37. The molecule has 2 aliphatic carbocycles. The molecule has 6 rings (SSSR count). The predicted molar refractivity (Wildman–Crippen MR) is 143 cm³/mol. The van der Waals surface area contributed by atoms with Crippen LogP contribution in [0.15, 0.2) is 60.7 Å². The Labute approximate surface area is 235 Å². The van der Waals surface area contributed by atoms with Gasteiger partial charge >= 0.3 is 6.18 Å². The van der Waals surface area contributed by atoms with Crippen molar-refractivity contribution >= 4 is 17.5 Å². The van der Waals surface area contributed by atoms with Gasteiger partial charge in [0.15, 0.2) is 0 Å². The number of hydrogen-bond donors (Lipinski definition) is 0. The molecule has 4 atom stereocenters. The summed E-state index contributed by atoms with van der Waals surface area (Å²) in [5, 5.41) is 0.642. The van der Waals surface area contributed by atoms with Crippen LogP contribution in [0.3, 0.4) is 0 Å². The van der Waals surface area contributed by atoms with Crippen LogP contribution in [0.2, 0.25) is 5.02 Å². The smallest absolute Gasteiger partial charge is 0.341 e. The zero-order valence-corrected chi connectivity index (χ0v) is 22.8.